The van der Waals surface area contributed by atoms with Gasteiger partial charge >= 0.3 is 0 Å². The first kappa shape index (κ1) is 14.3. The topological polar surface area (TPSA) is 58.4 Å². The van der Waals surface area contributed by atoms with Gasteiger partial charge in [0.15, 0.2) is 0 Å². The van der Waals surface area contributed by atoms with E-state index in [0.717, 1.165) is 6.54 Å². The molecule has 2 bridgehead atoms. The highest BCUT2D eigenvalue weighted by atomic mass is 16.2. The van der Waals surface area contributed by atoms with Crippen molar-refractivity contribution in [2.45, 2.75) is 56.5 Å². The summed E-state index contributed by atoms with van der Waals surface area (Å²) in [5.41, 5.74) is 6.45. The fraction of sp³-hybridized carbons (Fsp3) is 0.938. The minimum Gasteiger partial charge on any atom is -0.354 e. The van der Waals surface area contributed by atoms with Crippen molar-refractivity contribution in [2.24, 2.45) is 23.5 Å². The molecule has 3 aliphatic carbocycles. The maximum Gasteiger partial charge on any atom is 0.225 e. The van der Waals surface area contributed by atoms with Gasteiger partial charge in [-0.05, 0) is 58.0 Å². The number of nitrogens with two attached hydrogens (primary N) is 1. The molecule has 0 aromatic heterocycles. The summed E-state index contributed by atoms with van der Waals surface area (Å²) in [6, 6.07) is 0.104. The Balaban J connectivity index is 1.59. The van der Waals surface area contributed by atoms with Gasteiger partial charge in [0.25, 0.3) is 0 Å². The monoisotopic (exact) mass is 279 g/mol. The number of hydrogen-bond donors (Lipinski definition) is 2. The van der Waals surface area contributed by atoms with Crippen LogP contribution >= 0.6 is 0 Å². The van der Waals surface area contributed by atoms with Gasteiger partial charge in [-0.25, -0.2) is 0 Å². The zero-order valence-electron chi connectivity index (χ0n) is 12.9. The van der Waals surface area contributed by atoms with Gasteiger partial charge in [-0.15, -0.1) is 0 Å². The SMILES string of the molecule is CN(C)C1(CNC(=O)C2C3CCC(C3)C2N)CCCC1. The molecule has 0 aromatic carbocycles. The fourth-order valence-electron chi connectivity index (χ4n) is 4.91. The summed E-state index contributed by atoms with van der Waals surface area (Å²) >= 11 is 0. The molecule has 4 atom stereocenters. The van der Waals surface area contributed by atoms with E-state index in [9.17, 15) is 4.79 Å². The van der Waals surface area contributed by atoms with E-state index < -0.39 is 0 Å². The Morgan fingerprint density at radius 1 is 1.25 bits per heavy atom. The van der Waals surface area contributed by atoms with Crippen LogP contribution in [-0.2, 0) is 4.79 Å². The molecule has 1 amide bonds. The normalized spacial score (nSPS) is 38.6. The van der Waals surface area contributed by atoms with Crippen LogP contribution in [-0.4, -0.2) is 43.0 Å². The van der Waals surface area contributed by atoms with Gasteiger partial charge < -0.3 is 16.0 Å². The van der Waals surface area contributed by atoms with E-state index in [-0.39, 0.29) is 23.4 Å². The predicted octanol–water partition coefficient (Wildman–Crippen LogP) is 1.35. The number of likely N-dealkylation sites (N-methyl/N-ethyl adjacent to an activating group) is 1. The smallest absolute Gasteiger partial charge is 0.225 e. The number of hydrogen-bond acceptors (Lipinski definition) is 3. The quantitative estimate of drug-likeness (QED) is 0.817. The average Bonchev–Trinajstić information content (AvgIpc) is 3.12. The van der Waals surface area contributed by atoms with Gasteiger partial charge in [-0.2, -0.15) is 0 Å². The third-order valence-corrected chi connectivity index (χ3v) is 6.36. The van der Waals surface area contributed by atoms with Gasteiger partial charge in [-0.1, -0.05) is 12.8 Å². The van der Waals surface area contributed by atoms with Crippen molar-refractivity contribution in [3.05, 3.63) is 0 Å². The molecular weight excluding hydrogens is 250 g/mol. The molecule has 4 nitrogen and oxygen atoms in total. The molecule has 0 spiro atoms. The van der Waals surface area contributed by atoms with Gasteiger partial charge in [0.05, 0.1) is 5.92 Å². The lowest BCUT2D eigenvalue weighted by molar-refractivity contribution is -0.127. The van der Waals surface area contributed by atoms with Gasteiger partial charge in [0, 0.05) is 18.1 Å². The van der Waals surface area contributed by atoms with Crippen molar-refractivity contribution in [1.82, 2.24) is 10.2 Å². The lowest BCUT2D eigenvalue weighted by atomic mass is 9.84. The molecule has 4 heteroatoms. The molecular formula is C16H29N3O. The lowest BCUT2D eigenvalue weighted by Crippen LogP contribution is -2.53. The summed E-state index contributed by atoms with van der Waals surface area (Å²) in [5.74, 6) is 1.45. The molecule has 3 rings (SSSR count). The van der Waals surface area contributed by atoms with Crippen molar-refractivity contribution in [1.29, 1.82) is 0 Å². The Hall–Kier alpha value is -0.610. The molecule has 0 saturated heterocycles. The highest BCUT2D eigenvalue weighted by Gasteiger charge is 2.49. The molecule has 3 fully saturated rings. The van der Waals surface area contributed by atoms with Crippen LogP contribution in [0.1, 0.15) is 44.9 Å². The van der Waals surface area contributed by atoms with Crippen molar-refractivity contribution >= 4 is 5.91 Å². The minimum absolute atomic E-state index is 0.0781. The number of nitrogens with one attached hydrogen (secondary N) is 1. The average molecular weight is 279 g/mol. The van der Waals surface area contributed by atoms with E-state index in [2.05, 4.69) is 24.3 Å². The Morgan fingerprint density at radius 3 is 2.45 bits per heavy atom. The molecule has 4 unspecified atom stereocenters. The number of amides is 1. The molecule has 0 radical (unpaired) electrons. The summed E-state index contributed by atoms with van der Waals surface area (Å²) in [5, 5.41) is 3.24. The first-order chi connectivity index (χ1) is 9.53. The number of nitrogens with zero attached hydrogens (tertiary/aromatic N) is 1. The van der Waals surface area contributed by atoms with Crippen LogP contribution in [0.5, 0.6) is 0 Å². The summed E-state index contributed by atoms with van der Waals surface area (Å²) < 4.78 is 0. The molecule has 0 aliphatic heterocycles. The maximum absolute atomic E-state index is 12.6. The van der Waals surface area contributed by atoms with Crippen LogP contribution < -0.4 is 11.1 Å². The summed E-state index contributed by atoms with van der Waals surface area (Å²) in [6.45, 7) is 0.791. The molecule has 0 aromatic rings. The Kier molecular flexibility index (Phi) is 3.80. The van der Waals surface area contributed by atoms with Crippen molar-refractivity contribution in [3.63, 3.8) is 0 Å². The third-order valence-electron chi connectivity index (χ3n) is 6.36. The van der Waals surface area contributed by atoms with E-state index >= 15 is 0 Å². The van der Waals surface area contributed by atoms with Crippen LogP contribution in [0.2, 0.25) is 0 Å². The zero-order valence-corrected chi connectivity index (χ0v) is 12.9. The van der Waals surface area contributed by atoms with E-state index in [1.165, 1.54) is 44.9 Å². The van der Waals surface area contributed by atoms with Gasteiger partial charge in [0.1, 0.15) is 0 Å². The van der Waals surface area contributed by atoms with Crippen molar-refractivity contribution in [3.8, 4) is 0 Å². The van der Waals surface area contributed by atoms with Crippen molar-refractivity contribution in [2.75, 3.05) is 20.6 Å². The standard InChI is InChI=1S/C16H29N3O/c1-19(2)16(7-3-4-8-16)10-18-15(20)13-11-5-6-12(9-11)14(13)17/h11-14H,3-10,17H2,1-2H3,(H,18,20). The van der Waals surface area contributed by atoms with Crippen LogP contribution in [0.15, 0.2) is 0 Å². The molecule has 20 heavy (non-hydrogen) atoms. The summed E-state index contributed by atoms with van der Waals surface area (Å²) in [7, 11) is 4.28. The Labute approximate surface area is 122 Å². The van der Waals surface area contributed by atoms with E-state index in [4.69, 9.17) is 5.73 Å². The summed E-state index contributed by atoms with van der Waals surface area (Å²) in [4.78, 5) is 14.9. The predicted molar refractivity (Wildman–Crippen MR) is 80.2 cm³/mol. The fourth-order valence-corrected chi connectivity index (χ4v) is 4.91. The molecule has 3 N–H and O–H groups in total. The molecule has 114 valence electrons. The van der Waals surface area contributed by atoms with Crippen LogP contribution in [0, 0.1) is 17.8 Å². The largest absolute Gasteiger partial charge is 0.354 e. The first-order valence-corrected chi connectivity index (χ1v) is 8.24. The van der Waals surface area contributed by atoms with E-state index in [1.54, 1.807) is 0 Å². The Bertz CT molecular complexity index is 374. The number of fused-ring (bicyclic) bond motifs is 2. The second-order valence-corrected chi connectivity index (χ2v) is 7.48. The van der Waals surface area contributed by atoms with E-state index in [1.807, 2.05) is 0 Å². The lowest BCUT2D eigenvalue weighted by Gasteiger charge is -2.37. The highest BCUT2D eigenvalue weighted by molar-refractivity contribution is 5.80. The van der Waals surface area contributed by atoms with Gasteiger partial charge in [0.2, 0.25) is 5.91 Å². The summed E-state index contributed by atoms with van der Waals surface area (Å²) in [6.07, 6.45) is 8.57. The first-order valence-electron chi connectivity index (χ1n) is 8.24. The second-order valence-electron chi connectivity index (χ2n) is 7.48. The molecule has 3 aliphatic rings. The molecule has 0 heterocycles. The number of rotatable bonds is 4. The van der Waals surface area contributed by atoms with Crippen LogP contribution in [0.3, 0.4) is 0 Å². The number of carbonyl (C=O) groups excluding carboxylic acids is 1. The van der Waals surface area contributed by atoms with E-state index in [0.29, 0.717) is 11.8 Å². The minimum atomic E-state index is 0.0781. The highest BCUT2D eigenvalue weighted by Crippen LogP contribution is 2.47. The van der Waals surface area contributed by atoms with Crippen LogP contribution in [0.25, 0.3) is 0 Å². The maximum atomic E-state index is 12.6. The third kappa shape index (κ3) is 2.27. The van der Waals surface area contributed by atoms with Gasteiger partial charge in [-0.3, -0.25) is 4.79 Å². The van der Waals surface area contributed by atoms with Crippen molar-refractivity contribution < 1.29 is 4.79 Å². The Morgan fingerprint density at radius 2 is 1.90 bits per heavy atom. The number of carbonyl (C=O) groups is 1. The zero-order chi connectivity index (χ0) is 14.3. The van der Waals surface area contributed by atoms with Crippen LogP contribution in [0.4, 0.5) is 0 Å². The second kappa shape index (κ2) is 5.30. The molecule has 3 saturated carbocycles.